The van der Waals surface area contributed by atoms with Gasteiger partial charge < -0.3 is 0 Å². The van der Waals surface area contributed by atoms with Crippen molar-refractivity contribution in [1.82, 2.24) is 0 Å². The van der Waals surface area contributed by atoms with Crippen LogP contribution < -0.4 is 4.57 Å². The molecule has 1 heterocycles. The van der Waals surface area contributed by atoms with Gasteiger partial charge in [0.25, 0.3) is 0 Å². The minimum Gasteiger partial charge on any atom is -0.194 e. The zero-order valence-corrected chi connectivity index (χ0v) is 15.7. The van der Waals surface area contributed by atoms with Gasteiger partial charge in [0.1, 0.15) is 7.05 Å². The molecule has 1 aromatic heterocycles. The van der Waals surface area contributed by atoms with Crippen LogP contribution in [0.5, 0.6) is 0 Å². The molecule has 1 aliphatic rings. The first kappa shape index (κ1) is 16.3. The van der Waals surface area contributed by atoms with Crippen LogP contribution in [-0.4, -0.2) is 0 Å². The van der Waals surface area contributed by atoms with E-state index in [0.29, 0.717) is 0 Å². The smallest absolute Gasteiger partial charge is 0.194 e. The molecule has 0 saturated heterocycles. The van der Waals surface area contributed by atoms with Crippen LogP contribution >= 0.6 is 0 Å². The number of aromatic nitrogens is 1. The molecule has 1 nitrogen and oxygen atoms in total. The fourth-order valence-corrected chi connectivity index (χ4v) is 4.39. The van der Waals surface area contributed by atoms with E-state index in [0.717, 1.165) is 5.92 Å². The van der Waals surface area contributed by atoms with E-state index in [9.17, 15) is 0 Å². The van der Waals surface area contributed by atoms with Crippen molar-refractivity contribution in [2.45, 2.75) is 46.0 Å². The van der Waals surface area contributed by atoms with Gasteiger partial charge in [0.2, 0.25) is 11.2 Å². The van der Waals surface area contributed by atoms with Crippen molar-refractivity contribution in [3.05, 3.63) is 65.2 Å². The van der Waals surface area contributed by atoms with E-state index in [1.807, 2.05) is 0 Å². The minimum absolute atomic E-state index is 0.893. The second-order valence-corrected chi connectivity index (χ2v) is 7.84. The number of pyridine rings is 1. The number of fused-ring (bicyclic) bond motifs is 1. The Kier molecular flexibility index (Phi) is 4.33. The van der Waals surface area contributed by atoms with Crippen LogP contribution in [-0.2, 0) is 13.5 Å². The van der Waals surface area contributed by atoms with Crippen molar-refractivity contribution in [2.24, 2.45) is 13.0 Å². The average Bonchev–Trinajstić information content (AvgIpc) is 3.11. The van der Waals surface area contributed by atoms with Crippen LogP contribution in [0.4, 0.5) is 0 Å². The number of hydrogen-bond donors (Lipinski definition) is 0. The van der Waals surface area contributed by atoms with Crippen molar-refractivity contribution in [3.63, 3.8) is 0 Å². The molecule has 0 aliphatic heterocycles. The minimum atomic E-state index is 0.893. The standard InChI is InChI=1S/C24H28N/c1-17-8-9-18(2)22(14-17)23-13-12-21-11-10-20(16-24(21)25(23)3)15-19-6-4-5-7-19/h8-14,16,19H,4-7,15H2,1-3H3/q+1. The first-order valence-electron chi connectivity index (χ1n) is 9.61. The van der Waals surface area contributed by atoms with Gasteiger partial charge in [0, 0.05) is 23.1 Å². The third kappa shape index (κ3) is 3.20. The molecule has 25 heavy (non-hydrogen) atoms. The lowest BCUT2D eigenvalue weighted by molar-refractivity contribution is -0.633. The van der Waals surface area contributed by atoms with E-state index in [2.05, 4.69) is 74.0 Å². The quantitative estimate of drug-likeness (QED) is 0.544. The van der Waals surface area contributed by atoms with Gasteiger partial charge in [-0.2, -0.15) is 4.57 Å². The first-order chi connectivity index (χ1) is 12.1. The molecule has 0 spiro atoms. The van der Waals surface area contributed by atoms with Gasteiger partial charge in [-0.1, -0.05) is 49.4 Å². The van der Waals surface area contributed by atoms with Crippen LogP contribution in [0, 0.1) is 19.8 Å². The average molecular weight is 330 g/mol. The highest BCUT2D eigenvalue weighted by molar-refractivity contribution is 5.78. The first-order valence-corrected chi connectivity index (χ1v) is 9.61. The molecule has 1 saturated carbocycles. The maximum Gasteiger partial charge on any atom is 0.213 e. The number of benzene rings is 2. The molecule has 0 N–H and O–H groups in total. The van der Waals surface area contributed by atoms with Gasteiger partial charge in [-0.3, -0.25) is 0 Å². The SMILES string of the molecule is Cc1ccc(C)c(-c2ccc3ccc(CC4CCCC4)cc3[n+]2C)c1. The molecule has 4 rings (SSSR count). The molecule has 1 aliphatic carbocycles. The van der Waals surface area contributed by atoms with Crippen molar-refractivity contribution in [3.8, 4) is 11.3 Å². The molecule has 1 fully saturated rings. The molecule has 0 amide bonds. The summed E-state index contributed by atoms with van der Waals surface area (Å²) in [4.78, 5) is 0. The van der Waals surface area contributed by atoms with Gasteiger partial charge >= 0.3 is 0 Å². The summed E-state index contributed by atoms with van der Waals surface area (Å²) in [7, 11) is 2.21. The Labute approximate surface area is 151 Å². The van der Waals surface area contributed by atoms with Crippen molar-refractivity contribution >= 4 is 10.9 Å². The van der Waals surface area contributed by atoms with Gasteiger partial charge in [-0.15, -0.1) is 0 Å². The Morgan fingerprint density at radius 3 is 2.48 bits per heavy atom. The molecule has 0 bridgehead atoms. The summed E-state index contributed by atoms with van der Waals surface area (Å²) >= 11 is 0. The lowest BCUT2D eigenvalue weighted by atomic mass is 9.96. The largest absolute Gasteiger partial charge is 0.213 e. The highest BCUT2D eigenvalue weighted by atomic mass is 14.9. The van der Waals surface area contributed by atoms with Crippen molar-refractivity contribution in [2.75, 3.05) is 0 Å². The van der Waals surface area contributed by atoms with Gasteiger partial charge in [-0.05, 0) is 55.5 Å². The molecule has 0 unspecified atom stereocenters. The number of nitrogens with zero attached hydrogens (tertiary/aromatic N) is 1. The van der Waals surface area contributed by atoms with E-state index in [1.165, 1.54) is 71.0 Å². The number of hydrogen-bond acceptors (Lipinski definition) is 0. The molecule has 1 heteroatoms. The maximum absolute atomic E-state index is 2.42. The Hall–Kier alpha value is -2.15. The highest BCUT2D eigenvalue weighted by Gasteiger charge is 2.19. The lowest BCUT2D eigenvalue weighted by Crippen LogP contribution is -2.32. The monoisotopic (exact) mass is 330 g/mol. The van der Waals surface area contributed by atoms with E-state index >= 15 is 0 Å². The van der Waals surface area contributed by atoms with Crippen LogP contribution in [0.25, 0.3) is 22.2 Å². The van der Waals surface area contributed by atoms with E-state index < -0.39 is 0 Å². The summed E-state index contributed by atoms with van der Waals surface area (Å²) in [6.45, 7) is 4.37. The van der Waals surface area contributed by atoms with Gasteiger partial charge in [-0.25, -0.2) is 0 Å². The Morgan fingerprint density at radius 2 is 1.68 bits per heavy atom. The molecular formula is C24H28N+. The second-order valence-electron chi connectivity index (χ2n) is 7.84. The molecule has 2 aromatic carbocycles. The summed E-state index contributed by atoms with van der Waals surface area (Å²) in [6.07, 6.45) is 6.90. The zero-order chi connectivity index (χ0) is 17.4. The van der Waals surface area contributed by atoms with Crippen molar-refractivity contribution in [1.29, 1.82) is 0 Å². The third-order valence-corrected chi connectivity index (χ3v) is 5.91. The molecule has 128 valence electrons. The van der Waals surface area contributed by atoms with Crippen LogP contribution in [0.2, 0.25) is 0 Å². The van der Waals surface area contributed by atoms with Gasteiger partial charge in [0.15, 0.2) is 0 Å². The summed E-state index contributed by atoms with van der Waals surface area (Å²) < 4.78 is 2.37. The summed E-state index contributed by atoms with van der Waals surface area (Å²) in [5.41, 5.74) is 8.12. The Bertz CT molecular complexity index is 917. The van der Waals surface area contributed by atoms with E-state index in [1.54, 1.807) is 0 Å². The second kappa shape index (κ2) is 6.63. The predicted octanol–water partition coefficient (Wildman–Crippen LogP) is 5.68. The van der Waals surface area contributed by atoms with Crippen LogP contribution in [0.3, 0.4) is 0 Å². The third-order valence-electron chi connectivity index (χ3n) is 5.91. The molecule has 0 radical (unpaired) electrons. The predicted molar refractivity (Wildman–Crippen MR) is 106 cm³/mol. The highest BCUT2D eigenvalue weighted by Crippen LogP contribution is 2.29. The number of rotatable bonds is 3. The summed E-state index contributed by atoms with van der Waals surface area (Å²) in [6, 6.07) is 18.3. The Balaban J connectivity index is 1.78. The fraction of sp³-hybridized carbons (Fsp3) is 0.375. The summed E-state index contributed by atoms with van der Waals surface area (Å²) in [5.74, 6) is 0.893. The molecule has 0 atom stereocenters. The topological polar surface area (TPSA) is 3.88 Å². The lowest BCUT2D eigenvalue weighted by Gasteiger charge is -2.11. The maximum atomic E-state index is 2.42. The molecule has 3 aromatic rings. The summed E-state index contributed by atoms with van der Waals surface area (Å²) in [5, 5.41) is 1.33. The van der Waals surface area contributed by atoms with Crippen LogP contribution in [0.1, 0.15) is 42.4 Å². The van der Waals surface area contributed by atoms with E-state index in [4.69, 9.17) is 0 Å². The fourth-order valence-electron chi connectivity index (χ4n) is 4.39. The number of aryl methyl sites for hydroxylation is 3. The zero-order valence-electron chi connectivity index (χ0n) is 15.7. The normalized spacial score (nSPS) is 15.2. The van der Waals surface area contributed by atoms with E-state index in [-0.39, 0.29) is 0 Å². The van der Waals surface area contributed by atoms with Crippen LogP contribution in [0.15, 0.2) is 48.5 Å². The molecular weight excluding hydrogens is 302 g/mol. The Morgan fingerprint density at radius 1 is 0.920 bits per heavy atom. The van der Waals surface area contributed by atoms with Gasteiger partial charge in [0.05, 0.1) is 0 Å². The van der Waals surface area contributed by atoms with Crippen molar-refractivity contribution < 1.29 is 4.57 Å².